The molecule has 1 aromatic carbocycles. The second-order valence-electron chi connectivity index (χ2n) is 12.4. The molecule has 5 heterocycles. The summed E-state index contributed by atoms with van der Waals surface area (Å²) in [6.07, 6.45) is 7.05. The maximum atomic E-state index is 14.7. The lowest BCUT2D eigenvalue weighted by atomic mass is 9.92. The highest BCUT2D eigenvalue weighted by Crippen LogP contribution is 2.33. The molecule has 0 spiro atoms. The maximum Gasteiger partial charge on any atom is 0.224 e. The van der Waals surface area contributed by atoms with E-state index in [1.54, 1.807) is 36.9 Å². The van der Waals surface area contributed by atoms with Crippen LogP contribution in [0.1, 0.15) is 27.2 Å². The molecule has 12 heteroatoms. The Bertz CT molecular complexity index is 2010. The molecule has 0 saturated carbocycles. The van der Waals surface area contributed by atoms with Crippen LogP contribution in [-0.2, 0) is 4.79 Å². The Morgan fingerprint density at radius 2 is 1.89 bits per heavy atom. The number of carbonyl (C=O) groups is 1. The highest BCUT2D eigenvalue weighted by atomic mass is 19.1. The molecular weight excluding hydrogens is 573 g/mol. The zero-order valence-corrected chi connectivity index (χ0v) is 25.8. The van der Waals surface area contributed by atoms with Crippen LogP contribution in [0.25, 0.3) is 56.0 Å². The number of rotatable bonds is 9. The van der Waals surface area contributed by atoms with Crippen LogP contribution in [0.5, 0.6) is 5.75 Å². The lowest BCUT2D eigenvalue weighted by Crippen LogP contribution is -2.19. The van der Waals surface area contributed by atoms with Crippen molar-refractivity contribution in [1.29, 1.82) is 0 Å². The minimum absolute atomic E-state index is 0.0776. The van der Waals surface area contributed by atoms with Crippen molar-refractivity contribution < 1.29 is 13.9 Å². The molecule has 0 aliphatic carbocycles. The molecule has 5 aromatic heterocycles. The second-order valence-corrected chi connectivity index (χ2v) is 12.4. The van der Waals surface area contributed by atoms with Gasteiger partial charge in [-0.25, -0.2) is 14.4 Å². The monoisotopic (exact) mass is 607 g/mol. The normalized spacial score (nSPS) is 11.9. The van der Waals surface area contributed by atoms with Gasteiger partial charge >= 0.3 is 0 Å². The predicted molar refractivity (Wildman–Crippen MR) is 172 cm³/mol. The summed E-state index contributed by atoms with van der Waals surface area (Å²) in [5.74, 6) is 0.455. The van der Waals surface area contributed by atoms with Crippen LogP contribution in [0.3, 0.4) is 0 Å². The largest absolute Gasteiger partial charge is 0.492 e. The van der Waals surface area contributed by atoms with Crippen LogP contribution in [-0.4, -0.2) is 73.2 Å². The number of hydrogen-bond acceptors (Lipinski definition) is 8. The van der Waals surface area contributed by atoms with Gasteiger partial charge in [-0.15, -0.1) is 0 Å². The molecule has 6 aromatic rings. The second kappa shape index (κ2) is 12.0. The third-order valence-corrected chi connectivity index (χ3v) is 7.05. The average molecular weight is 608 g/mol. The van der Waals surface area contributed by atoms with Gasteiger partial charge in [-0.1, -0.05) is 20.8 Å². The summed E-state index contributed by atoms with van der Waals surface area (Å²) in [5.41, 5.74) is 5.59. The zero-order chi connectivity index (χ0) is 31.7. The number of nitrogens with zero attached hydrogens (tertiary/aromatic N) is 6. The summed E-state index contributed by atoms with van der Waals surface area (Å²) in [6.45, 7) is 7.19. The number of likely N-dealkylation sites (N-methyl/N-ethyl adjacent to an activating group) is 1. The molecule has 3 N–H and O–H groups in total. The van der Waals surface area contributed by atoms with E-state index in [-0.39, 0.29) is 11.3 Å². The van der Waals surface area contributed by atoms with Crippen molar-refractivity contribution in [3.8, 4) is 39.7 Å². The van der Waals surface area contributed by atoms with Gasteiger partial charge in [-0.3, -0.25) is 19.9 Å². The molecule has 11 nitrogen and oxygen atoms in total. The van der Waals surface area contributed by atoms with E-state index in [1.165, 1.54) is 12.1 Å². The third-order valence-electron chi connectivity index (χ3n) is 7.05. The standard InChI is InChI=1S/C33H34FN9O2/c1-33(2,3)15-28(44)38-22-11-20(16-35-17-22)26-14-25-27(18-37-26)41-42-30(25)32-39-29-24(6-7-36-31(29)40-32)19-10-21(34)13-23(12-19)45-9-8-43(4)5/h6-7,10-14,16-18H,8-9,15H2,1-5H3,(H,38,44)(H,41,42)(H,36,39,40). The van der Waals surface area contributed by atoms with Gasteiger partial charge in [0.05, 0.1) is 29.3 Å². The van der Waals surface area contributed by atoms with Crippen molar-refractivity contribution >= 4 is 33.7 Å². The fourth-order valence-corrected chi connectivity index (χ4v) is 4.99. The Balaban J connectivity index is 1.33. The van der Waals surface area contributed by atoms with E-state index in [1.807, 2.05) is 51.9 Å². The molecule has 0 fully saturated rings. The van der Waals surface area contributed by atoms with Crippen molar-refractivity contribution in [2.75, 3.05) is 32.6 Å². The molecule has 0 saturated heterocycles. The molecule has 0 aliphatic heterocycles. The Morgan fingerprint density at radius 1 is 1.04 bits per heavy atom. The topological polar surface area (TPSA) is 138 Å². The van der Waals surface area contributed by atoms with Gasteiger partial charge in [-0.05, 0) is 55.4 Å². The molecule has 0 atom stereocenters. The van der Waals surface area contributed by atoms with Gasteiger partial charge in [0, 0.05) is 47.9 Å². The predicted octanol–water partition coefficient (Wildman–Crippen LogP) is 6.08. The number of carbonyl (C=O) groups excluding carboxylic acids is 1. The number of pyridine rings is 3. The number of fused-ring (bicyclic) bond motifs is 2. The lowest BCUT2D eigenvalue weighted by molar-refractivity contribution is -0.117. The number of H-pyrrole nitrogens is 2. The number of benzene rings is 1. The molecular formula is C33H34FN9O2. The summed E-state index contributed by atoms with van der Waals surface area (Å²) in [6, 6.07) is 10.2. The number of hydrogen-bond donors (Lipinski definition) is 3. The number of amides is 1. The summed E-state index contributed by atoms with van der Waals surface area (Å²) < 4.78 is 20.5. The summed E-state index contributed by atoms with van der Waals surface area (Å²) in [4.78, 5) is 36.0. The highest BCUT2D eigenvalue weighted by molar-refractivity contribution is 5.97. The minimum Gasteiger partial charge on any atom is -0.492 e. The summed E-state index contributed by atoms with van der Waals surface area (Å²) in [7, 11) is 3.91. The van der Waals surface area contributed by atoms with Crippen LogP contribution >= 0.6 is 0 Å². The molecule has 0 aliphatic rings. The molecule has 6 rings (SSSR count). The first kappa shape index (κ1) is 29.8. The number of imidazole rings is 1. The molecule has 0 bridgehead atoms. The van der Waals surface area contributed by atoms with Gasteiger partial charge in [0.15, 0.2) is 11.5 Å². The van der Waals surface area contributed by atoms with Gasteiger partial charge in [0.1, 0.15) is 29.4 Å². The number of aromatic nitrogens is 7. The number of anilines is 1. The average Bonchev–Trinajstić information content (AvgIpc) is 3.59. The van der Waals surface area contributed by atoms with Crippen LogP contribution < -0.4 is 10.1 Å². The van der Waals surface area contributed by atoms with Crippen LogP contribution in [0.4, 0.5) is 10.1 Å². The number of nitrogens with one attached hydrogen (secondary N) is 3. The van der Waals surface area contributed by atoms with E-state index in [4.69, 9.17) is 9.72 Å². The van der Waals surface area contributed by atoms with Crippen molar-refractivity contribution in [1.82, 2.24) is 40.0 Å². The summed E-state index contributed by atoms with van der Waals surface area (Å²) in [5, 5.41) is 11.3. The lowest BCUT2D eigenvalue weighted by Gasteiger charge is -2.17. The smallest absolute Gasteiger partial charge is 0.224 e. The molecule has 230 valence electrons. The van der Waals surface area contributed by atoms with Crippen molar-refractivity contribution in [3.05, 3.63) is 67.0 Å². The van der Waals surface area contributed by atoms with Gasteiger partial charge < -0.3 is 19.9 Å². The Kier molecular flexibility index (Phi) is 7.98. The van der Waals surface area contributed by atoms with Crippen molar-refractivity contribution in [2.24, 2.45) is 5.41 Å². The van der Waals surface area contributed by atoms with Gasteiger partial charge in [0.2, 0.25) is 5.91 Å². The highest BCUT2D eigenvalue weighted by Gasteiger charge is 2.19. The van der Waals surface area contributed by atoms with E-state index in [0.717, 1.165) is 16.5 Å². The van der Waals surface area contributed by atoms with Crippen LogP contribution in [0, 0.1) is 11.2 Å². The van der Waals surface area contributed by atoms with Crippen LogP contribution in [0.2, 0.25) is 0 Å². The number of halogens is 1. The van der Waals surface area contributed by atoms with Crippen molar-refractivity contribution in [3.63, 3.8) is 0 Å². The van der Waals surface area contributed by atoms with E-state index in [9.17, 15) is 9.18 Å². The fraction of sp³-hybridized carbons (Fsp3) is 0.273. The molecule has 0 radical (unpaired) electrons. The van der Waals surface area contributed by atoms with Crippen molar-refractivity contribution in [2.45, 2.75) is 27.2 Å². The first-order valence-electron chi connectivity index (χ1n) is 14.6. The molecule has 1 amide bonds. The van der Waals surface area contributed by atoms with E-state index < -0.39 is 5.82 Å². The molecule has 45 heavy (non-hydrogen) atoms. The van der Waals surface area contributed by atoms with Gasteiger partial charge in [-0.2, -0.15) is 5.10 Å². The first-order chi connectivity index (χ1) is 21.5. The maximum absolute atomic E-state index is 14.7. The number of aromatic amines is 2. The first-order valence-corrected chi connectivity index (χ1v) is 14.6. The quantitative estimate of drug-likeness (QED) is 0.180. The van der Waals surface area contributed by atoms with E-state index in [2.05, 4.69) is 35.5 Å². The Labute approximate surface area is 259 Å². The third kappa shape index (κ3) is 6.80. The van der Waals surface area contributed by atoms with Crippen LogP contribution in [0.15, 0.2) is 61.2 Å². The minimum atomic E-state index is -0.404. The number of ether oxygens (including phenoxy) is 1. The van der Waals surface area contributed by atoms with E-state index >= 15 is 0 Å². The fourth-order valence-electron chi connectivity index (χ4n) is 4.99. The van der Waals surface area contributed by atoms with E-state index in [0.29, 0.717) is 70.5 Å². The Morgan fingerprint density at radius 3 is 2.69 bits per heavy atom. The SMILES string of the molecule is CN(C)CCOc1cc(F)cc(-c2ccnc3[nH]c(-c4n[nH]c5cnc(-c6cncc(NC(=O)CC(C)(C)C)c6)cc45)nc23)c1. The molecule has 0 unspecified atom stereocenters. The zero-order valence-electron chi connectivity index (χ0n) is 25.8. The van der Waals surface area contributed by atoms with Gasteiger partial charge in [0.25, 0.3) is 0 Å². The Hall–Kier alpha value is -5.23. The summed E-state index contributed by atoms with van der Waals surface area (Å²) >= 11 is 0.